The van der Waals surface area contributed by atoms with Gasteiger partial charge in [-0.15, -0.1) is 0 Å². The van der Waals surface area contributed by atoms with E-state index in [-0.39, 0.29) is 23.9 Å². The van der Waals surface area contributed by atoms with Crippen molar-refractivity contribution in [1.82, 2.24) is 10.2 Å². The topological polar surface area (TPSA) is 49.4 Å². The van der Waals surface area contributed by atoms with E-state index in [9.17, 15) is 22.8 Å². The van der Waals surface area contributed by atoms with Gasteiger partial charge in [0.05, 0.1) is 12.1 Å². The fourth-order valence-electron chi connectivity index (χ4n) is 3.51. The van der Waals surface area contributed by atoms with E-state index in [2.05, 4.69) is 5.32 Å². The second-order valence-electron chi connectivity index (χ2n) is 6.45. The third-order valence-electron chi connectivity index (χ3n) is 4.77. The number of rotatable bonds is 3. The first-order valence-electron chi connectivity index (χ1n) is 8.14. The second-order valence-corrected chi connectivity index (χ2v) is 6.45. The molecule has 1 aliphatic carbocycles. The Bertz CT molecular complexity index is 639. The van der Waals surface area contributed by atoms with E-state index in [1.165, 1.54) is 12.1 Å². The summed E-state index contributed by atoms with van der Waals surface area (Å²) in [7, 11) is 0. The Morgan fingerprint density at radius 3 is 2.50 bits per heavy atom. The van der Waals surface area contributed by atoms with E-state index in [1.807, 2.05) is 0 Å². The molecule has 1 aromatic rings. The number of hydrogen-bond donors (Lipinski definition) is 1. The number of nitrogens with zero attached hydrogens (tertiary/aromatic N) is 1. The molecule has 0 radical (unpaired) electrons. The Morgan fingerprint density at radius 1 is 1.12 bits per heavy atom. The highest BCUT2D eigenvalue weighted by atomic mass is 19.4. The minimum Gasteiger partial charge on any atom is -0.326 e. The molecule has 0 spiro atoms. The Hall–Kier alpha value is -2.05. The molecule has 4 nitrogen and oxygen atoms in total. The van der Waals surface area contributed by atoms with Crippen LogP contribution in [0.25, 0.3) is 0 Å². The summed E-state index contributed by atoms with van der Waals surface area (Å²) in [4.78, 5) is 25.6. The number of alkyl halides is 3. The predicted molar refractivity (Wildman–Crippen MR) is 80.9 cm³/mol. The minimum atomic E-state index is -4.45. The Labute approximate surface area is 138 Å². The summed E-state index contributed by atoms with van der Waals surface area (Å²) < 4.78 is 38.3. The molecule has 2 aliphatic rings. The molecule has 1 saturated heterocycles. The first-order chi connectivity index (χ1) is 11.4. The molecular formula is C17H19F3N2O2. The monoisotopic (exact) mass is 340 g/mol. The lowest BCUT2D eigenvalue weighted by atomic mass is 9.84. The Morgan fingerprint density at radius 2 is 1.83 bits per heavy atom. The predicted octanol–water partition coefficient (Wildman–Crippen LogP) is 3.71. The van der Waals surface area contributed by atoms with Crippen LogP contribution in [-0.2, 0) is 17.5 Å². The van der Waals surface area contributed by atoms with Crippen molar-refractivity contribution in [2.45, 2.75) is 50.9 Å². The molecule has 1 unspecified atom stereocenters. The third kappa shape index (κ3) is 3.39. The summed E-state index contributed by atoms with van der Waals surface area (Å²) in [5, 5.41) is 2.70. The van der Waals surface area contributed by atoms with Crippen LogP contribution in [-0.4, -0.2) is 22.9 Å². The van der Waals surface area contributed by atoms with E-state index in [1.54, 1.807) is 0 Å². The average molecular weight is 340 g/mol. The molecule has 1 atom stereocenters. The van der Waals surface area contributed by atoms with E-state index in [4.69, 9.17) is 0 Å². The maximum atomic E-state index is 12.8. The zero-order valence-electron chi connectivity index (χ0n) is 13.1. The Kier molecular flexibility index (Phi) is 4.51. The van der Waals surface area contributed by atoms with E-state index >= 15 is 0 Å². The van der Waals surface area contributed by atoms with Crippen LogP contribution in [0.15, 0.2) is 24.3 Å². The SMILES string of the molecule is O=C1NC(C2CCCCC2)C(=O)N1Cc1cccc(C(F)(F)F)c1. The third-order valence-corrected chi connectivity index (χ3v) is 4.77. The van der Waals surface area contributed by atoms with Gasteiger partial charge >= 0.3 is 12.2 Å². The summed E-state index contributed by atoms with van der Waals surface area (Å²) in [5.41, 5.74) is -0.492. The number of hydrogen-bond acceptors (Lipinski definition) is 2. The molecule has 24 heavy (non-hydrogen) atoms. The molecular weight excluding hydrogens is 321 g/mol. The number of carbonyl (C=O) groups is 2. The fraction of sp³-hybridized carbons (Fsp3) is 0.529. The molecule has 0 bridgehead atoms. The zero-order chi connectivity index (χ0) is 17.3. The van der Waals surface area contributed by atoms with E-state index < -0.39 is 23.8 Å². The van der Waals surface area contributed by atoms with Crippen LogP contribution in [0.5, 0.6) is 0 Å². The second kappa shape index (κ2) is 6.45. The summed E-state index contributed by atoms with van der Waals surface area (Å²) in [5.74, 6) is -0.203. The highest BCUT2D eigenvalue weighted by Gasteiger charge is 2.42. The molecule has 1 N–H and O–H groups in total. The number of amides is 3. The number of nitrogens with one attached hydrogen (secondary N) is 1. The van der Waals surface area contributed by atoms with Gasteiger partial charge in [0.1, 0.15) is 6.04 Å². The number of urea groups is 1. The van der Waals surface area contributed by atoms with Crippen molar-refractivity contribution in [3.05, 3.63) is 35.4 Å². The van der Waals surface area contributed by atoms with Crippen molar-refractivity contribution in [1.29, 1.82) is 0 Å². The lowest BCUT2D eigenvalue weighted by molar-refractivity contribution is -0.137. The minimum absolute atomic E-state index is 0.127. The first kappa shape index (κ1) is 16.8. The van der Waals surface area contributed by atoms with Gasteiger partial charge in [-0.2, -0.15) is 13.2 Å². The van der Waals surface area contributed by atoms with Crippen molar-refractivity contribution in [2.75, 3.05) is 0 Å². The number of carbonyl (C=O) groups excluding carboxylic acids is 2. The quantitative estimate of drug-likeness (QED) is 0.853. The normalized spacial score (nSPS) is 22.8. The summed E-state index contributed by atoms with van der Waals surface area (Å²) in [6, 6.07) is 3.67. The smallest absolute Gasteiger partial charge is 0.326 e. The molecule has 1 heterocycles. The molecule has 3 amide bonds. The van der Waals surface area contributed by atoms with Gasteiger partial charge in [0.2, 0.25) is 0 Å². The molecule has 0 aromatic heterocycles. The lowest BCUT2D eigenvalue weighted by Gasteiger charge is -2.25. The van der Waals surface area contributed by atoms with Crippen molar-refractivity contribution in [3.8, 4) is 0 Å². The van der Waals surface area contributed by atoms with Crippen molar-refractivity contribution < 1.29 is 22.8 Å². The van der Waals surface area contributed by atoms with Crippen LogP contribution in [0, 0.1) is 5.92 Å². The van der Waals surface area contributed by atoms with Gasteiger partial charge in [0.15, 0.2) is 0 Å². The van der Waals surface area contributed by atoms with Gasteiger partial charge in [-0.25, -0.2) is 4.79 Å². The van der Waals surface area contributed by atoms with Gasteiger partial charge < -0.3 is 5.32 Å². The highest BCUT2D eigenvalue weighted by molar-refractivity contribution is 6.04. The summed E-state index contributed by atoms with van der Waals surface area (Å²) >= 11 is 0. The standard InChI is InChI=1S/C17H19F3N2O2/c18-17(19,20)13-8-4-5-11(9-13)10-22-15(23)14(21-16(22)24)12-6-2-1-3-7-12/h4-5,8-9,12,14H,1-3,6-7,10H2,(H,21,24). The first-order valence-corrected chi connectivity index (χ1v) is 8.14. The van der Waals surface area contributed by atoms with Crippen LogP contribution in [0.1, 0.15) is 43.2 Å². The van der Waals surface area contributed by atoms with Gasteiger partial charge in [-0.3, -0.25) is 9.69 Å². The molecule has 2 fully saturated rings. The number of halogens is 3. The van der Waals surface area contributed by atoms with Gasteiger partial charge in [0, 0.05) is 0 Å². The maximum Gasteiger partial charge on any atom is 0.416 e. The Balaban J connectivity index is 1.73. The fourth-order valence-corrected chi connectivity index (χ4v) is 3.51. The highest BCUT2D eigenvalue weighted by Crippen LogP contribution is 2.31. The van der Waals surface area contributed by atoms with Gasteiger partial charge in [-0.1, -0.05) is 31.4 Å². The molecule has 1 aliphatic heterocycles. The van der Waals surface area contributed by atoms with E-state index in [0.717, 1.165) is 49.1 Å². The number of benzene rings is 1. The zero-order valence-corrected chi connectivity index (χ0v) is 13.1. The van der Waals surface area contributed by atoms with Crippen LogP contribution in [0.3, 0.4) is 0 Å². The lowest BCUT2D eigenvalue weighted by Crippen LogP contribution is -2.38. The van der Waals surface area contributed by atoms with E-state index in [0.29, 0.717) is 0 Å². The van der Waals surface area contributed by atoms with Crippen LogP contribution in [0.2, 0.25) is 0 Å². The molecule has 1 aromatic carbocycles. The molecule has 1 saturated carbocycles. The average Bonchev–Trinajstić information content (AvgIpc) is 2.83. The van der Waals surface area contributed by atoms with Crippen LogP contribution in [0.4, 0.5) is 18.0 Å². The largest absolute Gasteiger partial charge is 0.416 e. The molecule has 3 rings (SSSR count). The van der Waals surface area contributed by atoms with Crippen molar-refractivity contribution >= 4 is 11.9 Å². The maximum absolute atomic E-state index is 12.8. The molecule has 7 heteroatoms. The number of imide groups is 1. The van der Waals surface area contributed by atoms with Gasteiger partial charge in [0.25, 0.3) is 5.91 Å². The summed E-state index contributed by atoms with van der Waals surface area (Å²) in [6.45, 7) is -0.141. The van der Waals surface area contributed by atoms with Crippen LogP contribution >= 0.6 is 0 Å². The van der Waals surface area contributed by atoms with Crippen molar-refractivity contribution in [3.63, 3.8) is 0 Å². The van der Waals surface area contributed by atoms with Gasteiger partial charge in [-0.05, 0) is 36.5 Å². The molecule has 130 valence electrons. The summed E-state index contributed by atoms with van der Waals surface area (Å²) in [6.07, 6.45) is 0.565. The van der Waals surface area contributed by atoms with Crippen molar-refractivity contribution in [2.24, 2.45) is 5.92 Å². The van der Waals surface area contributed by atoms with Crippen LogP contribution < -0.4 is 5.32 Å².